The minimum absolute atomic E-state index is 0.143. The first-order chi connectivity index (χ1) is 12.4. The third kappa shape index (κ3) is 4.23. The van der Waals surface area contributed by atoms with Gasteiger partial charge >= 0.3 is 0 Å². The molecule has 134 valence electrons. The molecular formula is C19H15F3N2S2. The minimum Gasteiger partial charge on any atom is -0.332 e. The predicted octanol–water partition coefficient (Wildman–Crippen LogP) is 5.88. The van der Waals surface area contributed by atoms with E-state index in [1.54, 1.807) is 19.1 Å². The molecular weight excluding hydrogens is 377 g/mol. The molecule has 3 rings (SSSR count). The summed E-state index contributed by atoms with van der Waals surface area (Å²) in [5, 5.41) is 5.01. The first-order valence-corrected chi connectivity index (χ1v) is 9.05. The highest BCUT2D eigenvalue weighted by Crippen LogP contribution is 2.25. The SMILES string of the molecule is Cc1ccc(NC(=S)N(Cc2cccs2)c2ccc(F)cc2F)cc1F. The number of benzene rings is 2. The van der Waals surface area contributed by atoms with Crippen LogP contribution in [0.15, 0.2) is 53.9 Å². The van der Waals surface area contributed by atoms with Crippen LogP contribution >= 0.6 is 23.6 Å². The van der Waals surface area contributed by atoms with E-state index in [4.69, 9.17) is 12.2 Å². The van der Waals surface area contributed by atoms with Crippen LogP contribution in [0, 0.1) is 24.4 Å². The van der Waals surface area contributed by atoms with Gasteiger partial charge in [0.25, 0.3) is 0 Å². The van der Waals surface area contributed by atoms with Gasteiger partial charge in [-0.2, -0.15) is 0 Å². The standard InChI is InChI=1S/C19H15F3N2S2/c1-12-4-6-14(10-16(12)21)23-19(25)24(11-15-3-2-8-26-15)18-7-5-13(20)9-17(18)22/h2-10H,11H2,1H3,(H,23,25). The first-order valence-electron chi connectivity index (χ1n) is 7.76. The molecule has 0 saturated carbocycles. The van der Waals surface area contributed by atoms with E-state index < -0.39 is 11.6 Å². The van der Waals surface area contributed by atoms with Crippen LogP contribution in [-0.2, 0) is 6.54 Å². The molecule has 0 atom stereocenters. The molecule has 0 spiro atoms. The van der Waals surface area contributed by atoms with E-state index in [9.17, 15) is 13.2 Å². The molecule has 0 fully saturated rings. The Morgan fingerprint density at radius 2 is 1.88 bits per heavy atom. The summed E-state index contributed by atoms with van der Waals surface area (Å²) in [6.07, 6.45) is 0. The maximum absolute atomic E-state index is 14.3. The van der Waals surface area contributed by atoms with Gasteiger partial charge in [-0.25, -0.2) is 13.2 Å². The Hall–Kier alpha value is -2.38. The number of halogens is 3. The van der Waals surface area contributed by atoms with Crippen LogP contribution in [0.4, 0.5) is 24.5 Å². The van der Waals surface area contributed by atoms with E-state index in [2.05, 4.69) is 5.32 Å². The second-order valence-corrected chi connectivity index (χ2v) is 7.07. The second kappa shape index (κ2) is 7.88. The van der Waals surface area contributed by atoms with Crippen molar-refractivity contribution in [1.29, 1.82) is 0 Å². The van der Waals surface area contributed by atoms with Gasteiger partial charge in [-0.1, -0.05) is 12.1 Å². The summed E-state index contributed by atoms with van der Waals surface area (Å²) in [5.41, 5.74) is 1.11. The summed E-state index contributed by atoms with van der Waals surface area (Å²) in [4.78, 5) is 2.47. The van der Waals surface area contributed by atoms with Crippen molar-refractivity contribution >= 4 is 40.0 Å². The molecule has 3 aromatic rings. The fourth-order valence-corrected chi connectivity index (χ4v) is 3.36. The lowest BCUT2D eigenvalue weighted by atomic mass is 10.2. The molecule has 2 nitrogen and oxygen atoms in total. The van der Waals surface area contributed by atoms with E-state index in [0.717, 1.165) is 10.9 Å². The number of hydrogen-bond donors (Lipinski definition) is 1. The molecule has 2 aromatic carbocycles. The summed E-state index contributed by atoms with van der Waals surface area (Å²) in [5.74, 6) is -1.75. The predicted molar refractivity (Wildman–Crippen MR) is 104 cm³/mol. The van der Waals surface area contributed by atoms with Crippen molar-refractivity contribution in [3.8, 4) is 0 Å². The average molecular weight is 392 g/mol. The molecule has 0 saturated heterocycles. The Kier molecular flexibility index (Phi) is 5.58. The van der Waals surface area contributed by atoms with E-state index in [0.29, 0.717) is 17.8 Å². The van der Waals surface area contributed by atoms with Gasteiger partial charge in [0.15, 0.2) is 5.11 Å². The minimum atomic E-state index is -0.721. The van der Waals surface area contributed by atoms with Crippen LogP contribution in [0.5, 0.6) is 0 Å². The van der Waals surface area contributed by atoms with Gasteiger partial charge in [0, 0.05) is 16.6 Å². The number of thiophene rings is 1. The van der Waals surface area contributed by atoms with Crippen LogP contribution in [0.1, 0.15) is 10.4 Å². The van der Waals surface area contributed by atoms with E-state index in [-0.39, 0.29) is 16.6 Å². The smallest absolute Gasteiger partial charge is 0.178 e. The number of nitrogens with zero attached hydrogens (tertiary/aromatic N) is 1. The zero-order valence-corrected chi connectivity index (χ0v) is 15.4. The highest BCUT2D eigenvalue weighted by atomic mass is 32.1. The van der Waals surface area contributed by atoms with Crippen molar-refractivity contribution in [3.63, 3.8) is 0 Å². The van der Waals surface area contributed by atoms with Gasteiger partial charge in [-0.3, -0.25) is 0 Å². The van der Waals surface area contributed by atoms with Crippen molar-refractivity contribution in [3.05, 3.63) is 81.8 Å². The third-order valence-corrected chi connectivity index (χ3v) is 4.95. The fourth-order valence-electron chi connectivity index (χ4n) is 2.39. The van der Waals surface area contributed by atoms with Gasteiger partial charge < -0.3 is 10.2 Å². The Bertz CT molecular complexity index is 927. The summed E-state index contributed by atoms with van der Waals surface area (Å²) in [6.45, 7) is 1.97. The molecule has 0 aliphatic heterocycles. The molecule has 1 aromatic heterocycles. The van der Waals surface area contributed by atoms with Crippen molar-refractivity contribution in [2.45, 2.75) is 13.5 Å². The van der Waals surface area contributed by atoms with Crippen molar-refractivity contribution in [1.82, 2.24) is 0 Å². The van der Waals surface area contributed by atoms with E-state index >= 15 is 0 Å². The zero-order chi connectivity index (χ0) is 18.7. The van der Waals surface area contributed by atoms with Crippen molar-refractivity contribution < 1.29 is 13.2 Å². The fraction of sp³-hybridized carbons (Fsp3) is 0.105. The van der Waals surface area contributed by atoms with Crippen molar-refractivity contribution in [2.24, 2.45) is 0 Å². The van der Waals surface area contributed by atoms with Crippen LogP contribution in [0.3, 0.4) is 0 Å². The lowest BCUT2D eigenvalue weighted by Crippen LogP contribution is -2.34. The number of thiocarbonyl (C=S) groups is 1. The van der Waals surface area contributed by atoms with Crippen LogP contribution in [-0.4, -0.2) is 5.11 Å². The molecule has 1 N–H and O–H groups in total. The van der Waals surface area contributed by atoms with Gasteiger partial charge in [-0.15, -0.1) is 11.3 Å². The number of anilines is 2. The largest absolute Gasteiger partial charge is 0.332 e. The lowest BCUT2D eigenvalue weighted by Gasteiger charge is -2.26. The molecule has 0 bridgehead atoms. The van der Waals surface area contributed by atoms with Crippen LogP contribution in [0.2, 0.25) is 0 Å². The monoisotopic (exact) mass is 392 g/mol. The molecule has 1 heterocycles. The summed E-state index contributed by atoms with van der Waals surface area (Å²) in [7, 11) is 0. The van der Waals surface area contributed by atoms with E-state index in [1.807, 2.05) is 17.5 Å². The summed E-state index contributed by atoms with van der Waals surface area (Å²) in [6, 6.07) is 11.7. The van der Waals surface area contributed by atoms with Crippen LogP contribution in [0.25, 0.3) is 0 Å². The Labute approximate surface area is 158 Å². The Morgan fingerprint density at radius 3 is 2.54 bits per heavy atom. The average Bonchev–Trinajstić information content (AvgIpc) is 3.10. The summed E-state index contributed by atoms with van der Waals surface area (Å²) < 4.78 is 41.4. The van der Waals surface area contributed by atoms with Gasteiger partial charge in [-0.05, 0) is 60.4 Å². The Morgan fingerprint density at radius 1 is 1.08 bits per heavy atom. The number of nitrogens with one attached hydrogen (secondary N) is 1. The molecule has 26 heavy (non-hydrogen) atoms. The maximum Gasteiger partial charge on any atom is 0.178 e. The topological polar surface area (TPSA) is 15.3 Å². The molecule has 7 heteroatoms. The number of rotatable bonds is 4. The van der Waals surface area contributed by atoms with Gasteiger partial charge in [0.2, 0.25) is 0 Å². The number of aryl methyl sites for hydroxylation is 1. The molecule has 0 radical (unpaired) electrons. The molecule has 0 unspecified atom stereocenters. The maximum atomic E-state index is 14.3. The quantitative estimate of drug-likeness (QED) is 0.559. The summed E-state index contributed by atoms with van der Waals surface area (Å²) >= 11 is 6.92. The molecule has 0 amide bonds. The molecule has 0 aliphatic rings. The Balaban J connectivity index is 1.91. The van der Waals surface area contributed by atoms with Gasteiger partial charge in [0.05, 0.1) is 12.2 Å². The third-order valence-electron chi connectivity index (χ3n) is 3.76. The highest BCUT2D eigenvalue weighted by molar-refractivity contribution is 7.80. The highest BCUT2D eigenvalue weighted by Gasteiger charge is 2.18. The number of hydrogen-bond acceptors (Lipinski definition) is 2. The zero-order valence-electron chi connectivity index (χ0n) is 13.8. The second-order valence-electron chi connectivity index (χ2n) is 5.66. The van der Waals surface area contributed by atoms with E-state index in [1.165, 1.54) is 34.4 Å². The first kappa shape index (κ1) is 18.4. The van der Waals surface area contributed by atoms with Crippen LogP contribution < -0.4 is 10.2 Å². The normalized spacial score (nSPS) is 10.6. The van der Waals surface area contributed by atoms with Crippen molar-refractivity contribution in [2.75, 3.05) is 10.2 Å². The molecule has 0 aliphatic carbocycles. The van der Waals surface area contributed by atoms with Gasteiger partial charge in [0.1, 0.15) is 17.5 Å². The lowest BCUT2D eigenvalue weighted by molar-refractivity contribution is 0.583.